The van der Waals surface area contributed by atoms with Gasteiger partial charge in [-0.1, -0.05) is 0 Å². The molecule has 0 aliphatic heterocycles. The van der Waals surface area contributed by atoms with Crippen LogP contribution in [0.25, 0.3) is 11.0 Å². The van der Waals surface area contributed by atoms with Crippen molar-refractivity contribution >= 4 is 28.7 Å². The number of hydrogen-bond acceptors (Lipinski definition) is 5. The summed E-state index contributed by atoms with van der Waals surface area (Å²) in [5, 5.41) is 5.72. The number of anilines is 1. The van der Waals surface area contributed by atoms with Crippen molar-refractivity contribution < 1.29 is 19.1 Å². The van der Waals surface area contributed by atoms with E-state index in [9.17, 15) is 9.59 Å². The van der Waals surface area contributed by atoms with Gasteiger partial charge in [-0.2, -0.15) is 0 Å². The summed E-state index contributed by atoms with van der Waals surface area (Å²) < 4.78 is 12.4. The molecular formula is C23H29N5O4. The van der Waals surface area contributed by atoms with Crippen LogP contribution in [-0.2, 0) is 13.6 Å². The Morgan fingerprint density at radius 1 is 1.09 bits per heavy atom. The molecule has 1 heterocycles. The van der Waals surface area contributed by atoms with Crippen LogP contribution in [0.5, 0.6) is 11.5 Å². The number of aromatic nitrogens is 2. The van der Waals surface area contributed by atoms with E-state index in [1.807, 2.05) is 31.5 Å². The van der Waals surface area contributed by atoms with Gasteiger partial charge in [0, 0.05) is 37.5 Å². The van der Waals surface area contributed by atoms with Gasteiger partial charge in [0.2, 0.25) is 0 Å². The topological polar surface area (TPSA) is 97.7 Å². The van der Waals surface area contributed by atoms with Gasteiger partial charge in [-0.15, -0.1) is 0 Å². The van der Waals surface area contributed by atoms with E-state index in [-0.39, 0.29) is 24.5 Å². The van der Waals surface area contributed by atoms with Crippen molar-refractivity contribution in [2.75, 3.05) is 26.6 Å². The van der Waals surface area contributed by atoms with Crippen LogP contribution in [0.1, 0.15) is 30.0 Å². The first kappa shape index (κ1) is 22.9. The van der Waals surface area contributed by atoms with Gasteiger partial charge >= 0.3 is 6.03 Å². The summed E-state index contributed by atoms with van der Waals surface area (Å²) in [5.41, 5.74) is 2.73. The maximum Gasteiger partial charge on any atom is 0.321 e. The standard InChI is InChI=1S/C23H29N5O4/c1-14(2)24-22(29)15-7-9-18-17(11-15)26-21(28(18)4)13-27(3)23(30)25-16-8-10-19(31-5)20(12-16)32-6/h7-12,14H,13H2,1-6H3,(H,24,29)(H,25,30). The Balaban J connectivity index is 1.74. The number of ether oxygens (including phenoxy) is 2. The zero-order valence-electron chi connectivity index (χ0n) is 19.2. The fraction of sp³-hybridized carbons (Fsp3) is 0.348. The molecular weight excluding hydrogens is 410 g/mol. The van der Waals surface area contributed by atoms with Crippen LogP contribution in [0.4, 0.5) is 10.5 Å². The molecule has 3 amide bonds. The minimum atomic E-state index is -0.290. The van der Waals surface area contributed by atoms with Gasteiger partial charge < -0.3 is 29.6 Å². The Kier molecular flexibility index (Phi) is 6.87. The van der Waals surface area contributed by atoms with E-state index in [4.69, 9.17) is 9.47 Å². The summed E-state index contributed by atoms with van der Waals surface area (Å²) in [7, 11) is 6.68. The summed E-state index contributed by atoms with van der Waals surface area (Å²) >= 11 is 0. The summed E-state index contributed by atoms with van der Waals surface area (Å²) in [5.74, 6) is 1.67. The van der Waals surface area contributed by atoms with Crippen LogP contribution in [0.2, 0.25) is 0 Å². The molecule has 9 nitrogen and oxygen atoms in total. The minimum Gasteiger partial charge on any atom is -0.493 e. The molecule has 9 heteroatoms. The average molecular weight is 440 g/mol. The quantitative estimate of drug-likeness (QED) is 0.588. The number of aryl methyl sites for hydroxylation is 1. The van der Waals surface area contributed by atoms with Gasteiger partial charge in [0.1, 0.15) is 5.82 Å². The van der Waals surface area contributed by atoms with Gasteiger partial charge in [-0.3, -0.25) is 4.79 Å². The van der Waals surface area contributed by atoms with E-state index >= 15 is 0 Å². The maximum absolute atomic E-state index is 12.7. The molecule has 3 rings (SSSR count). The second-order valence-electron chi connectivity index (χ2n) is 7.77. The molecule has 0 saturated heterocycles. The molecule has 0 unspecified atom stereocenters. The number of carbonyl (C=O) groups excluding carboxylic acids is 2. The maximum atomic E-state index is 12.7. The monoisotopic (exact) mass is 439 g/mol. The third-order valence-electron chi connectivity index (χ3n) is 5.02. The summed E-state index contributed by atoms with van der Waals surface area (Å²) in [6.45, 7) is 4.12. The molecule has 0 radical (unpaired) electrons. The molecule has 0 aliphatic carbocycles. The Labute approximate surface area is 187 Å². The van der Waals surface area contributed by atoms with E-state index in [2.05, 4.69) is 15.6 Å². The number of hydrogen-bond donors (Lipinski definition) is 2. The van der Waals surface area contributed by atoms with E-state index in [1.165, 1.54) is 4.90 Å². The molecule has 0 bridgehead atoms. The molecule has 2 N–H and O–H groups in total. The largest absolute Gasteiger partial charge is 0.493 e. The SMILES string of the molecule is COc1ccc(NC(=O)N(C)Cc2nc3cc(C(=O)NC(C)C)ccc3n2C)cc1OC. The number of fused-ring (bicyclic) bond motifs is 1. The fourth-order valence-corrected chi connectivity index (χ4v) is 3.29. The summed E-state index contributed by atoms with van der Waals surface area (Å²) in [4.78, 5) is 31.2. The first-order valence-corrected chi connectivity index (χ1v) is 10.2. The first-order valence-electron chi connectivity index (χ1n) is 10.2. The molecule has 32 heavy (non-hydrogen) atoms. The zero-order valence-corrected chi connectivity index (χ0v) is 19.2. The van der Waals surface area contributed by atoms with Gasteiger partial charge in [0.25, 0.3) is 5.91 Å². The highest BCUT2D eigenvalue weighted by Crippen LogP contribution is 2.29. The second kappa shape index (κ2) is 9.59. The third-order valence-corrected chi connectivity index (χ3v) is 5.02. The van der Waals surface area contributed by atoms with Crippen molar-refractivity contribution in [1.82, 2.24) is 19.8 Å². The Bertz CT molecular complexity index is 1140. The number of imidazole rings is 1. The minimum absolute atomic E-state index is 0.0512. The Morgan fingerprint density at radius 2 is 1.81 bits per heavy atom. The molecule has 0 fully saturated rings. The molecule has 0 spiro atoms. The van der Waals surface area contributed by atoms with Crippen LogP contribution >= 0.6 is 0 Å². The van der Waals surface area contributed by atoms with Crippen LogP contribution in [-0.4, -0.2) is 53.7 Å². The fourth-order valence-electron chi connectivity index (χ4n) is 3.29. The number of carbonyl (C=O) groups is 2. The zero-order chi connectivity index (χ0) is 23.4. The highest BCUT2D eigenvalue weighted by Gasteiger charge is 2.17. The highest BCUT2D eigenvalue weighted by atomic mass is 16.5. The van der Waals surface area contributed by atoms with Gasteiger partial charge in [-0.05, 0) is 44.2 Å². The lowest BCUT2D eigenvalue weighted by atomic mass is 10.2. The third kappa shape index (κ3) is 4.93. The summed E-state index contributed by atoms with van der Waals surface area (Å²) in [6, 6.07) is 10.3. The number of benzene rings is 2. The van der Waals surface area contributed by atoms with E-state index in [1.54, 1.807) is 51.6 Å². The van der Waals surface area contributed by atoms with E-state index < -0.39 is 0 Å². The van der Waals surface area contributed by atoms with Crippen molar-refractivity contribution in [3.8, 4) is 11.5 Å². The van der Waals surface area contributed by atoms with Crippen LogP contribution < -0.4 is 20.1 Å². The summed E-state index contributed by atoms with van der Waals surface area (Å²) in [6.07, 6.45) is 0. The van der Waals surface area contributed by atoms with Crippen molar-refractivity contribution in [3.05, 3.63) is 47.8 Å². The Morgan fingerprint density at radius 3 is 2.47 bits per heavy atom. The predicted molar refractivity (Wildman–Crippen MR) is 123 cm³/mol. The van der Waals surface area contributed by atoms with Crippen LogP contribution in [0.15, 0.2) is 36.4 Å². The lowest BCUT2D eigenvalue weighted by Crippen LogP contribution is -2.31. The lowest BCUT2D eigenvalue weighted by molar-refractivity contribution is 0.0943. The van der Waals surface area contributed by atoms with Crippen molar-refractivity contribution in [3.63, 3.8) is 0 Å². The number of methoxy groups -OCH3 is 2. The molecule has 2 aromatic carbocycles. The predicted octanol–water partition coefficient (Wildman–Crippen LogP) is 3.39. The second-order valence-corrected chi connectivity index (χ2v) is 7.77. The van der Waals surface area contributed by atoms with Gasteiger partial charge in [-0.25, -0.2) is 9.78 Å². The molecule has 0 atom stereocenters. The molecule has 1 aromatic heterocycles. The average Bonchev–Trinajstić information content (AvgIpc) is 3.07. The van der Waals surface area contributed by atoms with Gasteiger partial charge in [0.05, 0.1) is 31.8 Å². The number of rotatable bonds is 7. The van der Waals surface area contributed by atoms with Crippen molar-refractivity contribution in [2.24, 2.45) is 7.05 Å². The number of nitrogens with one attached hydrogen (secondary N) is 2. The Hall–Kier alpha value is -3.75. The highest BCUT2D eigenvalue weighted by molar-refractivity contribution is 5.97. The first-order chi connectivity index (χ1) is 15.2. The van der Waals surface area contributed by atoms with E-state index in [0.29, 0.717) is 34.1 Å². The van der Waals surface area contributed by atoms with E-state index in [0.717, 1.165) is 5.52 Å². The van der Waals surface area contributed by atoms with Crippen molar-refractivity contribution in [1.29, 1.82) is 0 Å². The lowest BCUT2D eigenvalue weighted by Gasteiger charge is -2.18. The molecule has 3 aromatic rings. The molecule has 0 aliphatic rings. The normalized spacial score (nSPS) is 10.8. The number of nitrogens with zero attached hydrogens (tertiary/aromatic N) is 3. The van der Waals surface area contributed by atoms with Crippen LogP contribution in [0, 0.1) is 0 Å². The molecule has 0 saturated carbocycles. The molecule has 170 valence electrons. The smallest absolute Gasteiger partial charge is 0.321 e. The van der Waals surface area contributed by atoms with Gasteiger partial charge in [0.15, 0.2) is 11.5 Å². The van der Waals surface area contributed by atoms with Crippen LogP contribution in [0.3, 0.4) is 0 Å². The van der Waals surface area contributed by atoms with Crippen molar-refractivity contribution in [2.45, 2.75) is 26.4 Å². The number of urea groups is 1. The number of amides is 3.